The molecular weight excluding hydrogens is 348 g/mol. The Balaban J connectivity index is 1.54. The maximum Gasteiger partial charge on any atom is 0.240 e. The van der Waals surface area contributed by atoms with Gasteiger partial charge in [-0.2, -0.15) is 0 Å². The Morgan fingerprint density at radius 3 is 2.38 bits per heavy atom. The molecule has 2 aliphatic rings. The Labute approximate surface area is 153 Å². The molecule has 1 fully saturated rings. The molecule has 2 heterocycles. The van der Waals surface area contributed by atoms with Gasteiger partial charge in [0.15, 0.2) is 9.84 Å². The molecule has 6 heteroatoms. The Hall–Kier alpha value is -2.18. The second-order valence-electron chi connectivity index (χ2n) is 7.12. The zero-order valence-electron chi connectivity index (χ0n) is 14.7. The summed E-state index contributed by atoms with van der Waals surface area (Å²) >= 11 is 0. The number of rotatable bonds is 3. The fourth-order valence-corrected chi connectivity index (χ4v) is 4.37. The molecule has 0 saturated carbocycles. The van der Waals surface area contributed by atoms with Crippen molar-refractivity contribution in [2.75, 3.05) is 12.8 Å². The van der Waals surface area contributed by atoms with Crippen molar-refractivity contribution in [2.45, 2.75) is 36.9 Å². The normalized spacial score (nSPS) is 19.6. The van der Waals surface area contributed by atoms with Crippen LogP contribution in [-0.2, 0) is 27.7 Å². The van der Waals surface area contributed by atoms with Crippen molar-refractivity contribution >= 4 is 15.7 Å². The summed E-state index contributed by atoms with van der Waals surface area (Å²) in [5.74, 6) is 0.192. The summed E-state index contributed by atoms with van der Waals surface area (Å²) in [6, 6.07) is 13.1. The molecule has 5 nitrogen and oxygen atoms in total. The van der Waals surface area contributed by atoms with E-state index >= 15 is 0 Å². The van der Waals surface area contributed by atoms with Gasteiger partial charge in [0.05, 0.1) is 10.9 Å². The van der Waals surface area contributed by atoms with E-state index in [0.29, 0.717) is 18.0 Å². The molecule has 2 aromatic rings. The third-order valence-corrected chi connectivity index (χ3v) is 6.34. The highest BCUT2D eigenvalue weighted by molar-refractivity contribution is 7.90. The van der Waals surface area contributed by atoms with Crippen LogP contribution in [0.2, 0.25) is 0 Å². The van der Waals surface area contributed by atoms with Gasteiger partial charge in [0.2, 0.25) is 5.91 Å². The molecule has 1 N–H and O–H groups in total. The molecule has 136 valence electrons. The Morgan fingerprint density at radius 2 is 1.73 bits per heavy atom. The van der Waals surface area contributed by atoms with E-state index in [9.17, 15) is 13.2 Å². The molecule has 2 aromatic carbocycles. The lowest BCUT2D eigenvalue weighted by atomic mass is 10.0. The van der Waals surface area contributed by atoms with Crippen LogP contribution in [0.3, 0.4) is 0 Å². The van der Waals surface area contributed by atoms with Gasteiger partial charge in [-0.15, -0.1) is 0 Å². The van der Waals surface area contributed by atoms with Crippen molar-refractivity contribution in [1.82, 2.24) is 10.2 Å². The van der Waals surface area contributed by atoms with E-state index in [2.05, 4.69) is 17.4 Å². The van der Waals surface area contributed by atoms with Gasteiger partial charge in [-0.05, 0) is 59.8 Å². The molecule has 0 aliphatic carbocycles. The van der Waals surface area contributed by atoms with Crippen molar-refractivity contribution in [3.05, 3.63) is 53.6 Å². The number of carbonyl (C=O) groups is 1. The number of hydrogen-bond donors (Lipinski definition) is 1. The lowest BCUT2D eigenvalue weighted by Crippen LogP contribution is -2.40. The van der Waals surface area contributed by atoms with Crippen LogP contribution in [0.4, 0.5) is 0 Å². The molecule has 0 unspecified atom stereocenters. The molecule has 0 aromatic heterocycles. The summed E-state index contributed by atoms with van der Waals surface area (Å²) in [6.07, 6.45) is 3.19. The van der Waals surface area contributed by atoms with Gasteiger partial charge >= 0.3 is 0 Å². The number of nitrogens with zero attached hydrogens (tertiary/aromatic N) is 1. The average molecular weight is 370 g/mol. The Bertz CT molecular complexity index is 946. The highest BCUT2D eigenvalue weighted by atomic mass is 32.2. The predicted octanol–water partition coefficient (Wildman–Crippen LogP) is 2.35. The first-order valence-corrected chi connectivity index (χ1v) is 10.8. The molecule has 1 saturated heterocycles. The van der Waals surface area contributed by atoms with E-state index in [0.717, 1.165) is 30.5 Å². The standard InChI is InChI=1S/C20H22N2O3S/c1-26(24,25)18-8-6-14(7-9-18)15-4-5-16-12-22(13-17(16)11-15)20(23)19-3-2-10-21-19/h4-9,11,19,21H,2-3,10,12-13H2,1H3/t19-/m0/s1. The van der Waals surface area contributed by atoms with E-state index in [1.54, 1.807) is 12.1 Å². The number of amides is 1. The minimum atomic E-state index is -3.19. The summed E-state index contributed by atoms with van der Waals surface area (Å²) in [5, 5.41) is 3.27. The number of carbonyl (C=O) groups excluding carboxylic acids is 1. The minimum Gasteiger partial charge on any atom is -0.333 e. The number of benzene rings is 2. The molecular formula is C20H22N2O3S. The van der Waals surface area contributed by atoms with Gasteiger partial charge in [0.1, 0.15) is 0 Å². The van der Waals surface area contributed by atoms with Crippen LogP contribution in [0.1, 0.15) is 24.0 Å². The number of fused-ring (bicyclic) bond motifs is 1. The van der Waals surface area contributed by atoms with Gasteiger partial charge in [-0.3, -0.25) is 4.79 Å². The molecule has 1 amide bonds. The van der Waals surface area contributed by atoms with E-state index in [1.807, 2.05) is 23.1 Å². The van der Waals surface area contributed by atoms with Crippen molar-refractivity contribution in [3.63, 3.8) is 0 Å². The first-order chi connectivity index (χ1) is 12.4. The number of nitrogens with one attached hydrogen (secondary N) is 1. The Morgan fingerprint density at radius 1 is 1.04 bits per heavy atom. The van der Waals surface area contributed by atoms with E-state index < -0.39 is 9.84 Å². The van der Waals surface area contributed by atoms with Gasteiger partial charge in [-0.25, -0.2) is 8.42 Å². The molecule has 0 spiro atoms. The molecule has 0 radical (unpaired) electrons. The smallest absolute Gasteiger partial charge is 0.240 e. The third-order valence-electron chi connectivity index (χ3n) is 5.21. The fraction of sp³-hybridized carbons (Fsp3) is 0.350. The molecule has 2 aliphatic heterocycles. The molecule has 26 heavy (non-hydrogen) atoms. The number of hydrogen-bond acceptors (Lipinski definition) is 4. The van der Waals surface area contributed by atoms with Crippen molar-refractivity contribution in [2.24, 2.45) is 0 Å². The predicted molar refractivity (Wildman–Crippen MR) is 100 cm³/mol. The lowest BCUT2D eigenvalue weighted by molar-refractivity contribution is -0.133. The molecule has 1 atom stereocenters. The first kappa shape index (κ1) is 17.2. The number of sulfone groups is 1. The monoisotopic (exact) mass is 370 g/mol. The second-order valence-corrected chi connectivity index (χ2v) is 9.14. The first-order valence-electron chi connectivity index (χ1n) is 8.86. The average Bonchev–Trinajstić information content (AvgIpc) is 3.29. The summed E-state index contributed by atoms with van der Waals surface area (Å²) in [5.41, 5.74) is 4.37. The van der Waals surface area contributed by atoms with E-state index in [1.165, 1.54) is 17.4 Å². The van der Waals surface area contributed by atoms with Gasteiger partial charge in [0, 0.05) is 19.3 Å². The summed E-state index contributed by atoms with van der Waals surface area (Å²) in [7, 11) is -3.19. The maximum absolute atomic E-state index is 12.6. The zero-order valence-corrected chi connectivity index (χ0v) is 15.6. The van der Waals surface area contributed by atoms with Crippen LogP contribution in [0, 0.1) is 0 Å². The summed E-state index contributed by atoms with van der Waals surface area (Å²) in [6.45, 7) is 2.23. The quantitative estimate of drug-likeness (QED) is 0.901. The van der Waals surface area contributed by atoms with Gasteiger partial charge < -0.3 is 10.2 Å². The van der Waals surface area contributed by atoms with Crippen LogP contribution in [0.15, 0.2) is 47.4 Å². The van der Waals surface area contributed by atoms with Crippen LogP contribution < -0.4 is 5.32 Å². The van der Waals surface area contributed by atoms with Crippen LogP contribution in [-0.4, -0.2) is 38.1 Å². The van der Waals surface area contributed by atoms with Crippen LogP contribution >= 0.6 is 0 Å². The van der Waals surface area contributed by atoms with E-state index in [-0.39, 0.29) is 11.9 Å². The van der Waals surface area contributed by atoms with Gasteiger partial charge in [0.25, 0.3) is 0 Å². The van der Waals surface area contributed by atoms with Crippen molar-refractivity contribution < 1.29 is 13.2 Å². The highest BCUT2D eigenvalue weighted by Gasteiger charge is 2.30. The highest BCUT2D eigenvalue weighted by Crippen LogP contribution is 2.30. The second kappa shape index (κ2) is 6.52. The zero-order chi connectivity index (χ0) is 18.3. The molecule has 4 rings (SSSR count). The van der Waals surface area contributed by atoms with Gasteiger partial charge in [-0.1, -0.05) is 24.3 Å². The lowest BCUT2D eigenvalue weighted by Gasteiger charge is -2.19. The maximum atomic E-state index is 12.6. The van der Waals surface area contributed by atoms with Crippen molar-refractivity contribution in [1.29, 1.82) is 0 Å². The summed E-state index contributed by atoms with van der Waals surface area (Å²) in [4.78, 5) is 14.9. The SMILES string of the molecule is CS(=O)(=O)c1ccc(-c2ccc3c(c2)CN(C(=O)[C@@H]2CCCN2)C3)cc1. The largest absolute Gasteiger partial charge is 0.333 e. The third kappa shape index (κ3) is 3.27. The molecule has 0 bridgehead atoms. The Kier molecular flexibility index (Phi) is 4.32. The summed E-state index contributed by atoms with van der Waals surface area (Å²) < 4.78 is 23.2. The van der Waals surface area contributed by atoms with E-state index in [4.69, 9.17) is 0 Å². The van der Waals surface area contributed by atoms with Crippen LogP contribution in [0.25, 0.3) is 11.1 Å². The fourth-order valence-electron chi connectivity index (χ4n) is 3.74. The van der Waals surface area contributed by atoms with Crippen molar-refractivity contribution in [3.8, 4) is 11.1 Å². The van der Waals surface area contributed by atoms with Crippen LogP contribution in [0.5, 0.6) is 0 Å². The topological polar surface area (TPSA) is 66.5 Å². The minimum absolute atomic E-state index is 0.0349.